The number of rotatable bonds is 21. The number of ketones is 2. The number of carbonyl (C=O) groups excluding carboxylic acids is 5. The monoisotopic (exact) mass is 783 g/mol. The van der Waals surface area contributed by atoms with Gasteiger partial charge in [-0.25, -0.2) is 0 Å². The summed E-state index contributed by atoms with van der Waals surface area (Å²) in [6.45, 7) is 19.4. The summed E-state index contributed by atoms with van der Waals surface area (Å²) < 4.78 is 0. The maximum absolute atomic E-state index is 13.7. The Morgan fingerprint density at radius 3 is 2.05 bits per heavy atom. The summed E-state index contributed by atoms with van der Waals surface area (Å²) in [4.78, 5) is 71.5. The van der Waals surface area contributed by atoms with Crippen LogP contribution in [0.5, 0.6) is 0 Å². The van der Waals surface area contributed by atoms with Gasteiger partial charge in [0.05, 0.1) is 18.2 Å². The van der Waals surface area contributed by atoms with Gasteiger partial charge in [-0.05, 0) is 83.8 Å². The lowest BCUT2D eigenvalue weighted by Crippen LogP contribution is -2.55. The molecule has 1 aromatic heterocycles. The number of aliphatic hydroxyl groups excluding tert-OH is 2. The number of aromatic nitrogens is 1. The van der Waals surface area contributed by atoms with Gasteiger partial charge < -0.3 is 30.6 Å². The van der Waals surface area contributed by atoms with Crippen molar-refractivity contribution in [2.24, 2.45) is 5.92 Å². The molecule has 0 bridgehead atoms. The van der Waals surface area contributed by atoms with Crippen molar-refractivity contribution >= 4 is 29.3 Å². The van der Waals surface area contributed by atoms with E-state index in [2.05, 4.69) is 79.5 Å². The fourth-order valence-electron chi connectivity index (χ4n) is 5.97. The molecule has 3 rings (SSSR count). The van der Waals surface area contributed by atoms with Crippen LogP contribution in [0.1, 0.15) is 116 Å². The van der Waals surface area contributed by atoms with Crippen molar-refractivity contribution in [1.29, 1.82) is 0 Å². The van der Waals surface area contributed by atoms with Crippen LogP contribution in [0.3, 0.4) is 0 Å². The molecule has 0 aliphatic carbocycles. The molecule has 13 nitrogen and oxygen atoms in total. The van der Waals surface area contributed by atoms with Crippen molar-refractivity contribution in [3.05, 3.63) is 66.0 Å². The molecule has 1 saturated heterocycles. The maximum atomic E-state index is 13.7. The molecule has 56 heavy (non-hydrogen) atoms. The summed E-state index contributed by atoms with van der Waals surface area (Å²) >= 11 is 0. The molecule has 3 amide bonds. The molecule has 1 aliphatic rings. The molecule has 314 valence electrons. The highest BCUT2D eigenvalue weighted by atomic mass is 16.3. The average Bonchev–Trinajstić information content (AvgIpc) is 3.57. The number of likely N-dealkylation sites (N-methyl/N-ethyl adjacent to an activating group) is 1. The fourth-order valence-corrected chi connectivity index (χ4v) is 5.97. The van der Waals surface area contributed by atoms with Gasteiger partial charge >= 0.3 is 0 Å². The number of pyridine rings is 1. The van der Waals surface area contributed by atoms with Crippen LogP contribution in [0.15, 0.2) is 54.9 Å². The van der Waals surface area contributed by atoms with Gasteiger partial charge in [0.15, 0.2) is 11.6 Å². The minimum Gasteiger partial charge on any atom is -0.391 e. The minimum absolute atomic E-state index is 0.0222. The number of hydrogen-bond donors (Lipinski definition) is 5. The molecule has 13 heteroatoms. The van der Waals surface area contributed by atoms with Gasteiger partial charge in [-0.3, -0.25) is 34.3 Å². The molecule has 2 aromatic rings. The van der Waals surface area contributed by atoms with Crippen LogP contribution in [0.2, 0.25) is 0 Å². The number of hydrogen-bond acceptors (Lipinski definition) is 10. The van der Waals surface area contributed by atoms with E-state index in [0.29, 0.717) is 24.9 Å². The van der Waals surface area contributed by atoms with E-state index in [1.807, 2.05) is 25.1 Å². The SMILES string of the molecule is CC(C)C.CCNC(O)C1CC(O)CN1C(=O)[C@H](CCCCN(CC)CC)NC(=O)CCC(=O)[C@H](C)NC(=O)CCC(=O)c1cccnc1.Cc1ccccc1. The molecule has 5 N–H and O–H groups in total. The fraction of sp³-hybridized carbons (Fsp3) is 0.628. The van der Waals surface area contributed by atoms with Crippen LogP contribution >= 0.6 is 0 Å². The molecule has 0 saturated carbocycles. The molecular weight excluding hydrogens is 713 g/mol. The molecule has 1 aromatic carbocycles. The molecule has 0 spiro atoms. The van der Waals surface area contributed by atoms with Crippen molar-refractivity contribution in [3.8, 4) is 0 Å². The van der Waals surface area contributed by atoms with Gasteiger partial charge in [0.2, 0.25) is 17.7 Å². The zero-order valence-electron chi connectivity index (χ0n) is 35.1. The summed E-state index contributed by atoms with van der Waals surface area (Å²) in [5, 5.41) is 29.1. The largest absolute Gasteiger partial charge is 0.391 e. The predicted octanol–water partition coefficient (Wildman–Crippen LogP) is 4.44. The van der Waals surface area contributed by atoms with E-state index in [-0.39, 0.29) is 56.1 Å². The van der Waals surface area contributed by atoms with E-state index in [1.54, 1.807) is 18.3 Å². The third kappa shape index (κ3) is 20.8. The van der Waals surface area contributed by atoms with Crippen molar-refractivity contribution in [3.63, 3.8) is 0 Å². The number of Topliss-reactive ketones (excluding diaryl/α,β-unsaturated/α-hetero) is 2. The number of β-amino-alcohol motifs (C(OH)–C–C–N with tert-alkyl or cyclic N) is 1. The highest BCUT2D eigenvalue weighted by Gasteiger charge is 2.41. The minimum atomic E-state index is -1.02. The highest BCUT2D eigenvalue weighted by molar-refractivity contribution is 5.98. The Labute approximate surface area is 335 Å². The van der Waals surface area contributed by atoms with Crippen molar-refractivity contribution in [1.82, 2.24) is 30.7 Å². The number of likely N-dealkylation sites (tertiary alicyclic amines) is 1. The zero-order valence-corrected chi connectivity index (χ0v) is 35.1. The molecular formula is C43H70N6O7. The summed E-state index contributed by atoms with van der Waals surface area (Å²) in [7, 11) is 0. The molecule has 2 heterocycles. The summed E-state index contributed by atoms with van der Waals surface area (Å²) in [5.41, 5.74) is 1.73. The molecule has 5 atom stereocenters. The summed E-state index contributed by atoms with van der Waals surface area (Å²) in [6, 6.07) is 11.2. The van der Waals surface area contributed by atoms with E-state index in [9.17, 15) is 34.2 Å². The second-order valence-electron chi connectivity index (χ2n) is 14.9. The second-order valence-corrected chi connectivity index (χ2v) is 14.9. The number of aryl methyl sites for hydroxylation is 1. The van der Waals surface area contributed by atoms with Gasteiger partial charge in [-0.2, -0.15) is 0 Å². The predicted molar refractivity (Wildman–Crippen MR) is 221 cm³/mol. The topological polar surface area (TPSA) is 181 Å². The number of nitrogens with one attached hydrogen (secondary N) is 3. The van der Waals surface area contributed by atoms with Crippen LogP contribution in [0.4, 0.5) is 0 Å². The van der Waals surface area contributed by atoms with E-state index < -0.39 is 42.3 Å². The Kier molecular flexibility index (Phi) is 25.3. The number of aliphatic hydroxyl groups is 2. The van der Waals surface area contributed by atoms with E-state index in [4.69, 9.17) is 0 Å². The van der Waals surface area contributed by atoms with Gasteiger partial charge in [-0.1, -0.05) is 77.4 Å². The van der Waals surface area contributed by atoms with Gasteiger partial charge in [0.1, 0.15) is 12.3 Å². The average molecular weight is 783 g/mol. The van der Waals surface area contributed by atoms with E-state index in [0.717, 1.165) is 32.0 Å². The van der Waals surface area contributed by atoms with E-state index in [1.165, 1.54) is 23.6 Å². The lowest BCUT2D eigenvalue weighted by Gasteiger charge is -2.32. The lowest BCUT2D eigenvalue weighted by atomic mass is 10.0. The molecule has 3 unspecified atom stereocenters. The van der Waals surface area contributed by atoms with Crippen molar-refractivity contribution < 1.29 is 34.2 Å². The number of carbonyl (C=O) groups is 5. The third-order valence-electron chi connectivity index (χ3n) is 9.09. The Morgan fingerprint density at radius 2 is 1.50 bits per heavy atom. The normalized spacial score (nSPS) is 16.5. The van der Waals surface area contributed by atoms with Crippen LogP contribution in [-0.2, 0) is 19.2 Å². The highest BCUT2D eigenvalue weighted by Crippen LogP contribution is 2.22. The summed E-state index contributed by atoms with van der Waals surface area (Å²) in [5.74, 6) is -1.05. The zero-order chi connectivity index (χ0) is 42.0. The first-order valence-corrected chi connectivity index (χ1v) is 20.3. The smallest absolute Gasteiger partial charge is 0.245 e. The third-order valence-corrected chi connectivity index (χ3v) is 9.09. The molecule has 0 radical (unpaired) electrons. The number of nitrogens with zero attached hydrogens (tertiary/aromatic N) is 3. The van der Waals surface area contributed by atoms with Crippen molar-refractivity contribution in [2.45, 2.75) is 137 Å². The lowest BCUT2D eigenvalue weighted by molar-refractivity contribution is -0.140. The Bertz CT molecular complexity index is 1420. The molecule has 1 fully saturated rings. The Morgan fingerprint density at radius 1 is 0.875 bits per heavy atom. The van der Waals surface area contributed by atoms with Crippen LogP contribution in [0, 0.1) is 12.8 Å². The van der Waals surface area contributed by atoms with Crippen molar-refractivity contribution in [2.75, 3.05) is 32.7 Å². The van der Waals surface area contributed by atoms with Gasteiger partial charge in [0, 0.05) is 50.2 Å². The molecule has 1 aliphatic heterocycles. The maximum Gasteiger partial charge on any atom is 0.245 e. The number of amides is 3. The van der Waals surface area contributed by atoms with Gasteiger partial charge in [0.25, 0.3) is 0 Å². The first-order valence-electron chi connectivity index (χ1n) is 20.3. The first-order chi connectivity index (χ1) is 26.6. The number of benzene rings is 1. The van der Waals surface area contributed by atoms with Crippen LogP contribution in [-0.4, -0.2) is 117 Å². The first kappa shape index (κ1) is 50.0. The second kappa shape index (κ2) is 28.4. The summed E-state index contributed by atoms with van der Waals surface area (Å²) in [6.07, 6.45) is 2.86. The number of unbranched alkanes of at least 4 members (excludes halogenated alkanes) is 1. The quantitative estimate of drug-likeness (QED) is 0.0690. The standard InChI is InChI=1S/C32H52N6O7.C7H8.C4H10/c1-5-34-31(44)26-19-24(39)21-38(26)32(45)25(12-8-9-18-37(6-2)7-3)36-30(43)15-13-27(40)22(4)35-29(42)16-14-28(41)23-11-10-17-33-20-23;1-7-5-3-2-4-6-7;1-4(2)3/h10-11,17,20,22,24-26,31,34,39,44H,5-9,12-16,18-19,21H2,1-4H3,(H,35,42)(H,36,43);2-6H,1H3;4H,1-3H3/t22-,24?,25-,26?,31?;;/m0../s1. The van der Waals surface area contributed by atoms with Gasteiger partial charge in [-0.15, -0.1) is 0 Å². The Balaban J connectivity index is 0.00000123. The van der Waals surface area contributed by atoms with Crippen LogP contribution in [0.25, 0.3) is 0 Å². The Hall–Kier alpha value is -4.04. The van der Waals surface area contributed by atoms with E-state index >= 15 is 0 Å². The van der Waals surface area contributed by atoms with Crippen LogP contribution < -0.4 is 16.0 Å².